The summed E-state index contributed by atoms with van der Waals surface area (Å²) in [5.41, 5.74) is 2.86. The average Bonchev–Trinajstić information content (AvgIpc) is 2.47. The van der Waals surface area contributed by atoms with Gasteiger partial charge in [-0.05, 0) is 41.8 Å². The zero-order chi connectivity index (χ0) is 15.4. The van der Waals surface area contributed by atoms with Gasteiger partial charge < -0.3 is 4.90 Å². The van der Waals surface area contributed by atoms with Crippen LogP contribution in [0, 0.1) is 11.3 Å². The second-order valence-electron chi connectivity index (χ2n) is 5.08. The lowest BCUT2D eigenvalue weighted by Gasteiger charge is -2.16. The van der Waals surface area contributed by atoms with Crippen LogP contribution in [0.25, 0.3) is 0 Å². The Bertz CT molecular complexity index is 654. The van der Waals surface area contributed by atoms with E-state index in [1.54, 1.807) is 12.1 Å². The molecule has 4 heteroatoms. The third-order valence-corrected chi connectivity index (χ3v) is 4.12. The Balaban J connectivity index is 2.33. The summed E-state index contributed by atoms with van der Waals surface area (Å²) in [4.78, 5) is 2.01. The molecule has 0 radical (unpaired) electrons. The lowest BCUT2D eigenvalue weighted by molar-refractivity contribution is 0.848. The molecule has 2 aromatic carbocycles. The second-order valence-corrected chi connectivity index (χ2v) is 5.89. The summed E-state index contributed by atoms with van der Waals surface area (Å²) in [5.74, 6) is -0.276. The van der Waals surface area contributed by atoms with Gasteiger partial charge in [0, 0.05) is 29.8 Å². The third-order valence-electron chi connectivity index (χ3n) is 3.41. The number of halogens is 2. The molecule has 0 heterocycles. The zero-order valence-electron chi connectivity index (χ0n) is 12.0. The van der Waals surface area contributed by atoms with E-state index in [1.807, 2.05) is 49.3 Å². The van der Waals surface area contributed by atoms with Gasteiger partial charge in [0.15, 0.2) is 0 Å². The van der Waals surface area contributed by atoms with E-state index in [2.05, 4.69) is 6.07 Å². The molecule has 0 aliphatic heterocycles. The Morgan fingerprint density at radius 2 is 1.71 bits per heavy atom. The standard InChI is InChI=1S/C17H16Cl2N2/c1-21(2)14-6-3-5-12(9-14)13(11-20)10-15-16(18)7-4-8-17(15)19/h3-9,13H,10H2,1-2H3. The van der Waals surface area contributed by atoms with Crippen LogP contribution in [-0.4, -0.2) is 14.1 Å². The molecule has 0 aromatic heterocycles. The SMILES string of the molecule is CN(C)c1cccc(C(C#N)Cc2c(Cl)cccc2Cl)c1. The van der Waals surface area contributed by atoms with Gasteiger partial charge >= 0.3 is 0 Å². The molecule has 2 nitrogen and oxygen atoms in total. The van der Waals surface area contributed by atoms with Crippen molar-refractivity contribution in [3.63, 3.8) is 0 Å². The van der Waals surface area contributed by atoms with Crippen molar-refractivity contribution in [1.29, 1.82) is 5.26 Å². The normalized spacial score (nSPS) is 11.8. The molecule has 2 aromatic rings. The quantitative estimate of drug-likeness (QED) is 0.800. The van der Waals surface area contributed by atoms with E-state index in [4.69, 9.17) is 23.2 Å². The predicted octanol–water partition coefficient (Wildman–Crippen LogP) is 4.91. The first kappa shape index (κ1) is 15.7. The molecule has 1 unspecified atom stereocenters. The molecule has 21 heavy (non-hydrogen) atoms. The van der Waals surface area contributed by atoms with Gasteiger partial charge in [-0.25, -0.2) is 0 Å². The molecule has 0 bridgehead atoms. The van der Waals surface area contributed by atoms with Crippen LogP contribution in [0.5, 0.6) is 0 Å². The molecule has 0 spiro atoms. The number of nitriles is 1. The molecule has 0 aliphatic rings. The number of anilines is 1. The molecule has 0 N–H and O–H groups in total. The fourth-order valence-electron chi connectivity index (χ4n) is 2.19. The van der Waals surface area contributed by atoms with Crippen LogP contribution in [0.4, 0.5) is 5.69 Å². The Kier molecular flexibility index (Phi) is 5.12. The number of hydrogen-bond acceptors (Lipinski definition) is 2. The van der Waals surface area contributed by atoms with Crippen molar-refractivity contribution in [3.05, 3.63) is 63.6 Å². The third kappa shape index (κ3) is 3.69. The highest BCUT2D eigenvalue weighted by Crippen LogP contribution is 2.31. The minimum atomic E-state index is -0.276. The minimum absolute atomic E-state index is 0.276. The maximum Gasteiger partial charge on any atom is 0.0754 e. The van der Waals surface area contributed by atoms with Gasteiger partial charge in [0.1, 0.15) is 0 Å². The van der Waals surface area contributed by atoms with Crippen molar-refractivity contribution < 1.29 is 0 Å². The number of nitrogens with zero attached hydrogens (tertiary/aromatic N) is 2. The van der Waals surface area contributed by atoms with Crippen LogP contribution in [0.3, 0.4) is 0 Å². The van der Waals surface area contributed by atoms with Crippen molar-refractivity contribution in [1.82, 2.24) is 0 Å². The van der Waals surface area contributed by atoms with Crippen LogP contribution < -0.4 is 4.90 Å². The molecule has 1 atom stereocenters. The molecule has 0 amide bonds. The molecule has 0 saturated heterocycles. The van der Waals surface area contributed by atoms with Gasteiger partial charge in [-0.1, -0.05) is 41.4 Å². The van der Waals surface area contributed by atoms with E-state index in [1.165, 1.54) is 0 Å². The Hall–Kier alpha value is -1.69. The average molecular weight is 319 g/mol. The summed E-state index contributed by atoms with van der Waals surface area (Å²) in [6, 6.07) is 15.7. The number of rotatable bonds is 4. The maximum absolute atomic E-state index is 9.50. The van der Waals surface area contributed by atoms with E-state index in [-0.39, 0.29) is 5.92 Å². The number of hydrogen-bond donors (Lipinski definition) is 0. The first-order valence-electron chi connectivity index (χ1n) is 6.62. The number of benzene rings is 2. The molecule has 2 rings (SSSR count). The molecule has 0 saturated carbocycles. The highest BCUT2D eigenvalue weighted by molar-refractivity contribution is 6.36. The summed E-state index contributed by atoms with van der Waals surface area (Å²) in [7, 11) is 3.96. The van der Waals surface area contributed by atoms with E-state index in [9.17, 15) is 5.26 Å². The molecular weight excluding hydrogens is 303 g/mol. The summed E-state index contributed by atoms with van der Waals surface area (Å²) < 4.78 is 0. The van der Waals surface area contributed by atoms with E-state index < -0.39 is 0 Å². The molecule has 0 fully saturated rings. The maximum atomic E-state index is 9.50. The lowest BCUT2D eigenvalue weighted by Crippen LogP contribution is -2.09. The smallest absolute Gasteiger partial charge is 0.0754 e. The Labute approximate surface area is 135 Å². The fourth-order valence-corrected chi connectivity index (χ4v) is 2.74. The van der Waals surface area contributed by atoms with Crippen molar-refractivity contribution in [2.75, 3.05) is 19.0 Å². The van der Waals surface area contributed by atoms with Gasteiger partial charge in [-0.2, -0.15) is 5.26 Å². The van der Waals surface area contributed by atoms with Crippen molar-refractivity contribution in [2.45, 2.75) is 12.3 Å². The monoisotopic (exact) mass is 318 g/mol. The van der Waals surface area contributed by atoms with Gasteiger partial charge in [0.2, 0.25) is 0 Å². The first-order valence-corrected chi connectivity index (χ1v) is 7.38. The largest absolute Gasteiger partial charge is 0.378 e. The van der Waals surface area contributed by atoms with Crippen LogP contribution in [0.2, 0.25) is 10.0 Å². The highest BCUT2D eigenvalue weighted by atomic mass is 35.5. The Morgan fingerprint density at radius 1 is 1.10 bits per heavy atom. The van der Waals surface area contributed by atoms with Gasteiger partial charge in [-0.15, -0.1) is 0 Å². The molecule has 0 aliphatic carbocycles. The highest BCUT2D eigenvalue weighted by Gasteiger charge is 2.16. The van der Waals surface area contributed by atoms with Crippen molar-refractivity contribution in [2.24, 2.45) is 0 Å². The van der Waals surface area contributed by atoms with Crippen LogP contribution in [0.15, 0.2) is 42.5 Å². The van der Waals surface area contributed by atoms with Gasteiger partial charge in [-0.3, -0.25) is 0 Å². The first-order chi connectivity index (χ1) is 10.0. The predicted molar refractivity (Wildman–Crippen MR) is 89.3 cm³/mol. The van der Waals surface area contributed by atoms with Gasteiger partial charge in [0.25, 0.3) is 0 Å². The lowest BCUT2D eigenvalue weighted by atomic mass is 9.93. The van der Waals surface area contributed by atoms with E-state index >= 15 is 0 Å². The summed E-state index contributed by atoms with van der Waals surface area (Å²) in [6.07, 6.45) is 0.506. The van der Waals surface area contributed by atoms with Gasteiger partial charge in [0.05, 0.1) is 12.0 Å². The second kappa shape index (κ2) is 6.85. The summed E-state index contributed by atoms with van der Waals surface area (Å²) >= 11 is 12.4. The van der Waals surface area contributed by atoms with E-state index in [0.717, 1.165) is 16.8 Å². The molecule has 108 valence electrons. The summed E-state index contributed by atoms with van der Waals surface area (Å²) in [6.45, 7) is 0. The van der Waals surface area contributed by atoms with Crippen LogP contribution >= 0.6 is 23.2 Å². The van der Waals surface area contributed by atoms with Crippen molar-refractivity contribution >= 4 is 28.9 Å². The summed E-state index contributed by atoms with van der Waals surface area (Å²) in [5, 5.41) is 10.7. The van der Waals surface area contributed by atoms with E-state index in [0.29, 0.717) is 16.5 Å². The van der Waals surface area contributed by atoms with Crippen LogP contribution in [-0.2, 0) is 6.42 Å². The fraction of sp³-hybridized carbons (Fsp3) is 0.235. The topological polar surface area (TPSA) is 27.0 Å². The van der Waals surface area contributed by atoms with Crippen molar-refractivity contribution in [3.8, 4) is 6.07 Å². The van der Waals surface area contributed by atoms with Crippen LogP contribution in [0.1, 0.15) is 17.0 Å². The zero-order valence-corrected chi connectivity index (χ0v) is 13.5. The Morgan fingerprint density at radius 3 is 2.29 bits per heavy atom. The molecular formula is C17H16Cl2N2. The minimum Gasteiger partial charge on any atom is -0.378 e.